The summed E-state index contributed by atoms with van der Waals surface area (Å²) in [4.78, 5) is 13.5. The Labute approximate surface area is 339 Å². The smallest absolute Gasteiger partial charge is 0.391 e. The summed E-state index contributed by atoms with van der Waals surface area (Å²) < 4.78 is 66.3. The minimum Gasteiger partial charge on any atom is -0.488 e. The summed E-state index contributed by atoms with van der Waals surface area (Å²) in [7, 11) is -9.11. The number of carboxylic acid groups (broad SMARTS) is 1. The van der Waals surface area contributed by atoms with Gasteiger partial charge >= 0.3 is 5.97 Å². The average molecular weight is 718 g/mol. The zero-order valence-corrected chi connectivity index (χ0v) is 33.2. The molecule has 48 heavy (non-hydrogen) atoms. The number of aliphatic hydroxyl groups is 1. The number of hydrogen-bond acceptors (Lipinski definition) is 11. The molecule has 0 aromatic heterocycles. The monoisotopic (exact) mass is 717 g/mol. The van der Waals surface area contributed by atoms with Crippen molar-refractivity contribution in [3.05, 3.63) is 84.9 Å². The number of anilines is 1. The molecule has 0 aliphatic heterocycles. The van der Waals surface area contributed by atoms with Crippen molar-refractivity contribution in [1.82, 2.24) is 0 Å². The molecular formula is C28H20N6Na3O9S2. The summed E-state index contributed by atoms with van der Waals surface area (Å²) in [6.07, 6.45) is 0. The molecule has 5 aromatic rings. The SMILES string of the molecule is Nc1ccc(N=Nc2ccc(N=Nc3ccc(N=C(O)C(=O)O)cc3)c3cc(S(=O)(=O)O)ccc23)c2cc(S(=O)(=O)O)ccc12.[Na].[Na].[Na]. The summed E-state index contributed by atoms with van der Waals surface area (Å²) in [5.41, 5.74) is 7.49. The van der Waals surface area contributed by atoms with Crippen molar-refractivity contribution < 1.29 is 40.9 Å². The number of benzene rings is 5. The second kappa shape index (κ2) is 16.9. The van der Waals surface area contributed by atoms with Gasteiger partial charge in [-0.15, -0.1) is 15.3 Å². The summed E-state index contributed by atoms with van der Waals surface area (Å²) in [6.45, 7) is 0. The average Bonchev–Trinajstić information content (AvgIpc) is 2.99. The molecule has 0 aliphatic carbocycles. The van der Waals surface area contributed by atoms with Crippen molar-refractivity contribution in [2.24, 2.45) is 25.4 Å². The largest absolute Gasteiger partial charge is 0.488 e. The minimum absolute atomic E-state index is 0. The molecule has 0 unspecified atom stereocenters. The van der Waals surface area contributed by atoms with Gasteiger partial charge in [0.2, 0.25) is 0 Å². The first-order valence-corrected chi connectivity index (χ1v) is 15.4. The van der Waals surface area contributed by atoms with E-state index in [0.29, 0.717) is 27.5 Å². The summed E-state index contributed by atoms with van der Waals surface area (Å²) in [5.74, 6) is -2.68. The van der Waals surface area contributed by atoms with E-state index in [-0.39, 0.29) is 122 Å². The molecule has 0 saturated carbocycles. The van der Waals surface area contributed by atoms with E-state index in [9.17, 15) is 35.8 Å². The van der Waals surface area contributed by atoms with Crippen LogP contribution in [0.15, 0.2) is 120 Å². The molecule has 5 aromatic carbocycles. The molecule has 3 radical (unpaired) electrons. The number of nitrogens with zero attached hydrogens (tertiary/aromatic N) is 5. The van der Waals surface area contributed by atoms with E-state index in [1.54, 1.807) is 6.07 Å². The maximum atomic E-state index is 11.9. The van der Waals surface area contributed by atoms with Crippen LogP contribution >= 0.6 is 0 Å². The van der Waals surface area contributed by atoms with Crippen LogP contribution in [0.5, 0.6) is 0 Å². The first-order valence-electron chi connectivity index (χ1n) is 12.5. The number of carbonyl (C=O) groups is 1. The zero-order valence-electron chi connectivity index (χ0n) is 25.5. The Morgan fingerprint density at radius 1 is 0.542 bits per heavy atom. The molecule has 0 fully saturated rings. The zero-order chi connectivity index (χ0) is 32.5. The fourth-order valence-corrected chi connectivity index (χ4v) is 5.21. The molecule has 0 bridgehead atoms. The third kappa shape index (κ3) is 9.75. The van der Waals surface area contributed by atoms with E-state index < -0.39 is 37.0 Å². The molecule has 5 rings (SSSR count). The van der Waals surface area contributed by atoms with Gasteiger partial charge in [0.15, 0.2) is 0 Å². The fourth-order valence-electron chi connectivity index (χ4n) is 4.20. The summed E-state index contributed by atoms with van der Waals surface area (Å²) >= 11 is 0. The van der Waals surface area contributed by atoms with Crippen molar-refractivity contribution in [2.75, 3.05) is 5.73 Å². The van der Waals surface area contributed by atoms with Gasteiger partial charge in [-0.1, -0.05) is 12.1 Å². The van der Waals surface area contributed by atoms with Crippen LogP contribution in [0, 0.1) is 0 Å². The van der Waals surface area contributed by atoms with Gasteiger partial charge in [0, 0.05) is 116 Å². The number of nitrogens with two attached hydrogens (primary N) is 1. The Kier molecular flexibility index (Phi) is 14.6. The van der Waals surface area contributed by atoms with Gasteiger partial charge in [-0.2, -0.15) is 21.9 Å². The quantitative estimate of drug-likeness (QED) is 0.0356. The minimum atomic E-state index is -4.59. The van der Waals surface area contributed by atoms with Crippen LogP contribution in [-0.4, -0.2) is 137 Å². The maximum Gasteiger partial charge on any atom is 0.391 e. The Morgan fingerprint density at radius 2 is 0.958 bits per heavy atom. The van der Waals surface area contributed by atoms with Gasteiger partial charge in [0.25, 0.3) is 26.1 Å². The van der Waals surface area contributed by atoms with Crippen LogP contribution in [0.3, 0.4) is 0 Å². The molecular weight excluding hydrogens is 697 g/mol. The van der Waals surface area contributed by atoms with Crippen molar-refractivity contribution in [2.45, 2.75) is 9.79 Å². The van der Waals surface area contributed by atoms with Crippen LogP contribution in [0.25, 0.3) is 21.5 Å². The first-order chi connectivity index (χ1) is 21.2. The van der Waals surface area contributed by atoms with Crippen molar-refractivity contribution in [1.29, 1.82) is 0 Å². The van der Waals surface area contributed by atoms with Gasteiger partial charge in [-0.05, 0) is 72.8 Å². The van der Waals surface area contributed by atoms with Gasteiger partial charge < -0.3 is 15.9 Å². The Morgan fingerprint density at radius 3 is 1.46 bits per heavy atom. The molecule has 20 heteroatoms. The van der Waals surface area contributed by atoms with Gasteiger partial charge in [-0.3, -0.25) is 9.11 Å². The van der Waals surface area contributed by atoms with Crippen molar-refractivity contribution >= 4 is 176 Å². The third-order valence-electron chi connectivity index (χ3n) is 6.35. The van der Waals surface area contributed by atoms with Crippen LogP contribution in [0.2, 0.25) is 0 Å². The van der Waals surface area contributed by atoms with E-state index in [0.717, 1.165) is 0 Å². The third-order valence-corrected chi connectivity index (χ3v) is 8.05. The van der Waals surface area contributed by atoms with Crippen LogP contribution in [-0.2, 0) is 25.0 Å². The molecule has 0 amide bonds. The maximum absolute atomic E-state index is 11.9. The van der Waals surface area contributed by atoms with Gasteiger partial charge in [0.05, 0.1) is 38.2 Å². The Balaban J connectivity index is 0.00000267. The van der Waals surface area contributed by atoms with Crippen LogP contribution < -0.4 is 5.73 Å². The number of carboxylic acids is 1. The van der Waals surface area contributed by atoms with E-state index in [1.807, 2.05) is 0 Å². The number of rotatable bonds is 7. The standard InChI is InChI=1S/C28H20N6O9S2.3Na/c29-23-9-10-25(21-13-17(44(38,39)40)5-7-19(21)23)34-33-24-11-12-26(22-14-18(45(41,42)43)6-8-20(22)24)32-31-16-3-1-15(2-4-16)30-27(35)28(36)37;;;/h1-14H,29H2,(H,30,35)(H,36,37)(H,38,39,40)(H,41,42,43);;;. The molecule has 15 nitrogen and oxygen atoms in total. The Bertz CT molecular complexity index is 2340. The fraction of sp³-hybridized carbons (Fsp3) is 0. The number of aliphatic hydroxyl groups excluding tert-OH is 1. The molecule has 0 saturated heterocycles. The molecule has 231 valence electrons. The molecule has 0 spiro atoms. The number of aliphatic imine (C=N–C) groups is 1. The predicted molar refractivity (Wildman–Crippen MR) is 181 cm³/mol. The van der Waals surface area contributed by atoms with Gasteiger partial charge in [0.1, 0.15) is 0 Å². The van der Waals surface area contributed by atoms with Crippen molar-refractivity contribution in [3.63, 3.8) is 0 Å². The van der Waals surface area contributed by atoms with E-state index >= 15 is 0 Å². The molecule has 0 aliphatic rings. The molecule has 0 atom stereocenters. The second-order valence-corrected chi connectivity index (χ2v) is 12.1. The van der Waals surface area contributed by atoms with Crippen LogP contribution in [0.1, 0.15) is 0 Å². The summed E-state index contributed by atoms with van der Waals surface area (Å²) in [6, 6.07) is 19.4. The molecule has 0 heterocycles. The number of nitrogen functional groups attached to an aromatic ring is 1. The number of fused-ring (bicyclic) bond motifs is 2. The number of azo groups is 2. The molecule has 6 N–H and O–H groups in total. The predicted octanol–water partition coefficient (Wildman–Crippen LogP) is 5.43. The van der Waals surface area contributed by atoms with E-state index in [2.05, 4.69) is 25.4 Å². The second-order valence-electron chi connectivity index (χ2n) is 9.30. The first kappa shape index (κ1) is 41.6. The van der Waals surface area contributed by atoms with Crippen LogP contribution in [0.4, 0.5) is 34.1 Å². The van der Waals surface area contributed by atoms with Crippen molar-refractivity contribution in [3.8, 4) is 0 Å². The Hall–Kier alpha value is -2.62. The van der Waals surface area contributed by atoms with E-state index in [4.69, 9.17) is 10.8 Å². The number of aliphatic carboxylic acids is 1. The topological polar surface area (TPSA) is 254 Å². The normalized spacial score (nSPS) is 12.1. The van der Waals surface area contributed by atoms with Gasteiger partial charge in [-0.25, -0.2) is 9.79 Å². The van der Waals surface area contributed by atoms with E-state index in [1.165, 1.54) is 78.9 Å². The summed E-state index contributed by atoms with van der Waals surface area (Å²) in [5, 5.41) is 36.3. The number of hydrogen-bond donors (Lipinski definition) is 5.